The Balaban J connectivity index is 1.78. The Hall–Kier alpha value is -2.71. The van der Waals surface area contributed by atoms with Gasteiger partial charge in [-0.05, 0) is 49.0 Å². The number of benzene rings is 1. The molecule has 146 valence electrons. The van der Waals surface area contributed by atoms with E-state index in [4.69, 9.17) is 25.5 Å². The molecule has 28 heavy (non-hydrogen) atoms. The predicted molar refractivity (Wildman–Crippen MR) is 105 cm³/mol. The Bertz CT molecular complexity index is 967. The number of esters is 1. The van der Waals surface area contributed by atoms with Crippen LogP contribution in [-0.4, -0.2) is 42.3 Å². The lowest BCUT2D eigenvalue weighted by Gasteiger charge is -2.10. The van der Waals surface area contributed by atoms with Crippen LogP contribution in [0.25, 0.3) is 17.4 Å². The fourth-order valence-corrected chi connectivity index (χ4v) is 3.58. The predicted octanol–water partition coefficient (Wildman–Crippen LogP) is 4.21. The van der Waals surface area contributed by atoms with Gasteiger partial charge in [-0.1, -0.05) is 11.6 Å². The molecule has 3 rings (SSSR count). The van der Waals surface area contributed by atoms with Crippen LogP contribution in [-0.2, 0) is 14.3 Å². The number of furan rings is 1. The zero-order chi connectivity index (χ0) is 20.3. The third kappa shape index (κ3) is 4.23. The highest BCUT2D eigenvalue weighted by Gasteiger charge is 2.36. The van der Waals surface area contributed by atoms with Crippen LogP contribution in [0.2, 0.25) is 5.02 Å². The van der Waals surface area contributed by atoms with Gasteiger partial charge in [0, 0.05) is 11.6 Å². The third-order valence-electron chi connectivity index (χ3n) is 3.80. The van der Waals surface area contributed by atoms with Crippen LogP contribution in [0, 0.1) is 0 Å². The summed E-state index contributed by atoms with van der Waals surface area (Å²) in [7, 11) is 1.53. The highest BCUT2D eigenvalue weighted by atomic mass is 35.5. The van der Waals surface area contributed by atoms with Gasteiger partial charge < -0.3 is 13.9 Å². The summed E-state index contributed by atoms with van der Waals surface area (Å²) in [4.78, 5) is 37.0. The van der Waals surface area contributed by atoms with E-state index in [9.17, 15) is 14.4 Å². The molecule has 2 aromatic rings. The van der Waals surface area contributed by atoms with E-state index in [1.807, 2.05) is 0 Å². The van der Waals surface area contributed by atoms with Crippen molar-refractivity contribution in [2.24, 2.45) is 0 Å². The Morgan fingerprint density at radius 2 is 2.07 bits per heavy atom. The second-order valence-corrected chi connectivity index (χ2v) is 7.02. The number of amides is 2. The van der Waals surface area contributed by atoms with Crippen molar-refractivity contribution in [2.45, 2.75) is 6.92 Å². The maximum Gasteiger partial charge on any atom is 0.326 e. The van der Waals surface area contributed by atoms with E-state index in [0.29, 0.717) is 22.3 Å². The number of carbonyl (C=O) groups excluding carboxylic acids is 3. The van der Waals surface area contributed by atoms with E-state index in [0.717, 1.165) is 22.2 Å². The maximum absolute atomic E-state index is 12.4. The first-order valence-corrected chi connectivity index (χ1v) is 9.47. The molecule has 0 unspecified atom stereocenters. The monoisotopic (exact) mass is 421 g/mol. The average Bonchev–Trinajstić information content (AvgIpc) is 3.22. The Kier molecular flexibility index (Phi) is 6.11. The highest BCUT2D eigenvalue weighted by Crippen LogP contribution is 2.34. The van der Waals surface area contributed by atoms with Crippen molar-refractivity contribution in [3.63, 3.8) is 0 Å². The van der Waals surface area contributed by atoms with Crippen molar-refractivity contribution < 1.29 is 28.3 Å². The van der Waals surface area contributed by atoms with E-state index < -0.39 is 23.7 Å². The van der Waals surface area contributed by atoms with Crippen molar-refractivity contribution in [1.82, 2.24) is 4.90 Å². The van der Waals surface area contributed by atoms with Gasteiger partial charge >= 0.3 is 5.97 Å². The van der Waals surface area contributed by atoms with Gasteiger partial charge in [0.1, 0.15) is 23.8 Å². The topological polar surface area (TPSA) is 86.1 Å². The summed E-state index contributed by atoms with van der Waals surface area (Å²) in [6.07, 6.45) is 1.46. The van der Waals surface area contributed by atoms with Crippen molar-refractivity contribution >= 4 is 46.6 Å². The lowest BCUT2D eigenvalue weighted by molar-refractivity contribution is -0.145. The number of methoxy groups -OCH3 is 1. The largest absolute Gasteiger partial charge is 0.495 e. The van der Waals surface area contributed by atoms with Gasteiger partial charge in [-0.2, -0.15) is 0 Å². The number of rotatable bonds is 6. The smallest absolute Gasteiger partial charge is 0.326 e. The first-order chi connectivity index (χ1) is 13.4. The minimum absolute atomic E-state index is 0.169. The molecule has 1 aliphatic rings. The zero-order valence-electron chi connectivity index (χ0n) is 15.1. The number of imide groups is 1. The minimum atomic E-state index is -0.636. The van der Waals surface area contributed by atoms with E-state index in [1.165, 1.54) is 13.2 Å². The highest BCUT2D eigenvalue weighted by molar-refractivity contribution is 8.18. The van der Waals surface area contributed by atoms with E-state index in [1.54, 1.807) is 37.3 Å². The Morgan fingerprint density at radius 3 is 2.75 bits per heavy atom. The van der Waals surface area contributed by atoms with Gasteiger partial charge in [0.2, 0.25) is 0 Å². The van der Waals surface area contributed by atoms with Crippen LogP contribution in [0.4, 0.5) is 4.79 Å². The van der Waals surface area contributed by atoms with E-state index in [-0.39, 0.29) is 11.5 Å². The van der Waals surface area contributed by atoms with Crippen LogP contribution < -0.4 is 4.74 Å². The van der Waals surface area contributed by atoms with Crippen molar-refractivity contribution in [3.05, 3.63) is 46.0 Å². The molecule has 0 spiro atoms. The molecule has 1 aliphatic heterocycles. The van der Waals surface area contributed by atoms with E-state index in [2.05, 4.69) is 0 Å². The molecule has 0 radical (unpaired) electrons. The fourth-order valence-electron chi connectivity index (χ4n) is 2.51. The normalized spacial score (nSPS) is 15.4. The lowest BCUT2D eigenvalue weighted by Crippen LogP contribution is -2.34. The zero-order valence-corrected chi connectivity index (χ0v) is 16.6. The molecule has 0 aliphatic carbocycles. The molecule has 0 atom stereocenters. The molecule has 9 heteroatoms. The van der Waals surface area contributed by atoms with Crippen LogP contribution in [0.3, 0.4) is 0 Å². The van der Waals surface area contributed by atoms with Gasteiger partial charge in [-0.25, -0.2) is 0 Å². The molecule has 2 heterocycles. The summed E-state index contributed by atoms with van der Waals surface area (Å²) >= 11 is 6.87. The number of hydrogen-bond donors (Lipinski definition) is 0. The molecule has 1 saturated heterocycles. The molecule has 0 bridgehead atoms. The van der Waals surface area contributed by atoms with Gasteiger partial charge in [-0.15, -0.1) is 0 Å². The Labute approximate surface area is 170 Å². The first kappa shape index (κ1) is 20.0. The number of nitrogens with zero attached hydrogens (tertiary/aromatic N) is 1. The van der Waals surface area contributed by atoms with Gasteiger partial charge in [0.15, 0.2) is 0 Å². The van der Waals surface area contributed by atoms with Crippen LogP contribution >= 0.6 is 23.4 Å². The minimum Gasteiger partial charge on any atom is -0.495 e. The SMILES string of the molecule is CCOC(=O)CN1C(=O)S/C(=C\c2ccc(-c3ccc(OC)c(Cl)c3)o2)C1=O. The summed E-state index contributed by atoms with van der Waals surface area (Å²) in [5, 5.41) is -0.0870. The van der Waals surface area contributed by atoms with E-state index >= 15 is 0 Å². The maximum atomic E-state index is 12.4. The third-order valence-corrected chi connectivity index (χ3v) is 5.01. The molecule has 1 aromatic carbocycles. The molecule has 1 fully saturated rings. The summed E-state index contributed by atoms with van der Waals surface area (Å²) in [6.45, 7) is 1.41. The number of carbonyl (C=O) groups is 3. The van der Waals surface area contributed by atoms with Crippen LogP contribution in [0.1, 0.15) is 12.7 Å². The molecule has 1 aromatic heterocycles. The molecule has 0 N–H and O–H groups in total. The van der Waals surface area contributed by atoms with Crippen LogP contribution in [0.15, 0.2) is 39.7 Å². The summed E-state index contributed by atoms with van der Waals surface area (Å²) in [6, 6.07) is 8.62. The second kappa shape index (κ2) is 8.53. The number of halogens is 1. The van der Waals surface area contributed by atoms with Gasteiger partial charge in [0.25, 0.3) is 11.1 Å². The fraction of sp³-hybridized carbons (Fsp3) is 0.211. The van der Waals surface area contributed by atoms with Crippen molar-refractivity contribution in [2.75, 3.05) is 20.3 Å². The number of hydrogen-bond acceptors (Lipinski definition) is 7. The van der Waals surface area contributed by atoms with Gasteiger partial charge in [-0.3, -0.25) is 19.3 Å². The van der Waals surface area contributed by atoms with Crippen molar-refractivity contribution in [1.29, 1.82) is 0 Å². The lowest BCUT2D eigenvalue weighted by atomic mass is 10.2. The standard InChI is InChI=1S/C19H16ClNO6S/c1-3-26-17(22)10-21-18(23)16(28-19(21)24)9-12-5-7-14(27-12)11-4-6-15(25-2)13(20)8-11/h4-9H,3,10H2,1-2H3/b16-9-. The average molecular weight is 422 g/mol. The summed E-state index contributed by atoms with van der Waals surface area (Å²) in [5.74, 6) is 0.286. The molecule has 2 amide bonds. The van der Waals surface area contributed by atoms with Crippen LogP contribution in [0.5, 0.6) is 5.75 Å². The molecule has 0 saturated carbocycles. The quantitative estimate of drug-likeness (QED) is 0.510. The number of ether oxygens (including phenoxy) is 2. The number of thioether (sulfide) groups is 1. The summed E-state index contributed by atoms with van der Waals surface area (Å²) in [5.41, 5.74) is 0.737. The summed E-state index contributed by atoms with van der Waals surface area (Å²) < 4.78 is 15.6. The Morgan fingerprint density at radius 1 is 1.29 bits per heavy atom. The molecular formula is C19H16ClNO6S. The second-order valence-electron chi connectivity index (χ2n) is 5.62. The first-order valence-electron chi connectivity index (χ1n) is 8.27. The molecule has 7 nitrogen and oxygen atoms in total. The van der Waals surface area contributed by atoms with Crippen molar-refractivity contribution in [3.8, 4) is 17.1 Å². The van der Waals surface area contributed by atoms with Gasteiger partial charge in [0.05, 0.1) is 23.6 Å². The molecular weight excluding hydrogens is 406 g/mol.